The minimum absolute atomic E-state index is 0.480. The summed E-state index contributed by atoms with van der Waals surface area (Å²) in [6, 6.07) is 5.97. The molecule has 76 valence electrons. The molecule has 2 aromatic rings. The fourth-order valence-corrected chi connectivity index (χ4v) is 1.85. The van der Waals surface area contributed by atoms with E-state index in [2.05, 4.69) is 9.97 Å². The van der Waals surface area contributed by atoms with Crippen molar-refractivity contribution in [3.63, 3.8) is 0 Å². The van der Waals surface area contributed by atoms with Crippen LogP contribution in [0.15, 0.2) is 18.2 Å². The summed E-state index contributed by atoms with van der Waals surface area (Å²) in [5, 5.41) is 0. The van der Waals surface area contributed by atoms with Gasteiger partial charge in [-0.1, -0.05) is 6.07 Å². The predicted octanol–water partition coefficient (Wildman–Crippen LogP) is 2.18. The minimum atomic E-state index is 0.480. The molecule has 1 heterocycles. The fourth-order valence-electron chi connectivity index (χ4n) is 1.85. The van der Waals surface area contributed by atoms with E-state index >= 15 is 0 Å². The number of carbonyl (C=O) groups is 1. The number of nitrogens with one attached hydrogen (secondary N) is 1. The Balaban J connectivity index is 2.05. The molecule has 1 aromatic carbocycles. The van der Waals surface area contributed by atoms with E-state index < -0.39 is 0 Å². The number of nitrogens with zero attached hydrogens (tertiary/aromatic N) is 1. The number of aromatic nitrogens is 2. The van der Waals surface area contributed by atoms with Gasteiger partial charge in [-0.3, -0.25) is 0 Å². The van der Waals surface area contributed by atoms with E-state index in [1.54, 1.807) is 0 Å². The maximum absolute atomic E-state index is 10.4. The molecule has 0 spiro atoms. The number of fused-ring (bicyclic) bond motifs is 1. The third-order valence-electron chi connectivity index (χ3n) is 2.85. The Morgan fingerprint density at radius 1 is 1.47 bits per heavy atom. The van der Waals surface area contributed by atoms with Crippen molar-refractivity contribution in [1.82, 2.24) is 9.97 Å². The maximum atomic E-state index is 10.4. The van der Waals surface area contributed by atoms with E-state index in [1.807, 2.05) is 18.2 Å². The Morgan fingerprint density at radius 3 is 3.07 bits per heavy atom. The normalized spacial score (nSPS) is 15.7. The first-order valence-electron chi connectivity index (χ1n) is 5.29. The summed E-state index contributed by atoms with van der Waals surface area (Å²) < 4.78 is 0. The second kappa shape index (κ2) is 3.19. The number of rotatable bonds is 3. The molecule has 1 saturated carbocycles. The molecule has 1 N–H and O–H groups in total. The highest BCUT2D eigenvalue weighted by Crippen LogP contribution is 2.38. The summed E-state index contributed by atoms with van der Waals surface area (Å²) in [5.41, 5.74) is 3.10. The topological polar surface area (TPSA) is 45.8 Å². The first kappa shape index (κ1) is 8.65. The van der Waals surface area contributed by atoms with Crippen LogP contribution in [0.5, 0.6) is 0 Å². The molecule has 1 aliphatic carbocycles. The smallest absolute Gasteiger partial charge is 0.124 e. The van der Waals surface area contributed by atoms with Crippen LogP contribution in [0.2, 0.25) is 0 Å². The predicted molar refractivity (Wildman–Crippen MR) is 57.8 cm³/mol. The Labute approximate surface area is 87.5 Å². The molecule has 1 aromatic heterocycles. The number of imidazole rings is 1. The highest BCUT2D eigenvalue weighted by atomic mass is 16.1. The molecule has 1 fully saturated rings. The number of benzene rings is 1. The summed E-state index contributed by atoms with van der Waals surface area (Å²) in [6.07, 6.45) is 3.91. The number of aldehydes is 1. The minimum Gasteiger partial charge on any atom is -0.342 e. The Morgan fingerprint density at radius 2 is 2.33 bits per heavy atom. The number of hydrogen-bond donors (Lipinski definition) is 1. The largest absolute Gasteiger partial charge is 0.342 e. The van der Waals surface area contributed by atoms with Crippen molar-refractivity contribution >= 4 is 17.3 Å². The zero-order valence-electron chi connectivity index (χ0n) is 8.36. The van der Waals surface area contributed by atoms with Crippen molar-refractivity contribution in [2.45, 2.75) is 25.2 Å². The fraction of sp³-hybridized carbons (Fsp3) is 0.333. The van der Waals surface area contributed by atoms with Gasteiger partial charge in [0.1, 0.15) is 12.1 Å². The van der Waals surface area contributed by atoms with Crippen LogP contribution < -0.4 is 0 Å². The van der Waals surface area contributed by atoms with Gasteiger partial charge in [-0.05, 0) is 30.5 Å². The lowest BCUT2D eigenvalue weighted by molar-refractivity contribution is -0.107. The van der Waals surface area contributed by atoms with Gasteiger partial charge in [-0.15, -0.1) is 0 Å². The van der Waals surface area contributed by atoms with Crippen LogP contribution in [-0.4, -0.2) is 16.3 Å². The lowest BCUT2D eigenvalue weighted by Crippen LogP contribution is -1.84. The molecule has 0 bridgehead atoms. The van der Waals surface area contributed by atoms with Gasteiger partial charge in [0.2, 0.25) is 0 Å². The SMILES string of the molecule is O=CCc1ccc2nc(C3CC3)[nH]c2c1. The van der Waals surface area contributed by atoms with Crippen molar-refractivity contribution < 1.29 is 4.79 Å². The quantitative estimate of drug-likeness (QED) is 0.772. The van der Waals surface area contributed by atoms with E-state index in [0.29, 0.717) is 12.3 Å². The molecule has 15 heavy (non-hydrogen) atoms. The summed E-state index contributed by atoms with van der Waals surface area (Å²) in [7, 11) is 0. The molecule has 0 atom stereocenters. The second-order valence-corrected chi connectivity index (χ2v) is 4.12. The summed E-state index contributed by atoms with van der Waals surface area (Å²) in [6.45, 7) is 0. The van der Waals surface area contributed by atoms with Crippen LogP contribution >= 0.6 is 0 Å². The molecule has 0 radical (unpaired) electrons. The van der Waals surface area contributed by atoms with Crippen LogP contribution in [0.25, 0.3) is 11.0 Å². The molecular formula is C12H12N2O. The second-order valence-electron chi connectivity index (χ2n) is 4.12. The van der Waals surface area contributed by atoms with E-state index in [4.69, 9.17) is 0 Å². The summed E-state index contributed by atoms with van der Waals surface area (Å²) in [4.78, 5) is 18.3. The maximum Gasteiger partial charge on any atom is 0.124 e. The number of carbonyl (C=O) groups excluding carboxylic acids is 1. The lowest BCUT2D eigenvalue weighted by Gasteiger charge is -1.93. The van der Waals surface area contributed by atoms with Crippen LogP contribution in [0, 0.1) is 0 Å². The standard InChI is InChI=1S/C12H12N2O/c15-6-5-8-1-4-10-11(7-8)14-12(13-10)9-2-3-9/h1,4,6-7,9H,2-3,5H2,(H,13,14). The van der Waals surface area contributed by atoms with Gasteiger partial charge in [-0.2, -0.15) is 0 Å². The highest BCUT2D eigenvalue weighted by molar-refractivity contribution is 5.77. The van der Waals surface area contributed by atoms with E-state index in [1.165, 1.54) is 12.8 Å². The molecular weight excluding hydrogens is 188 g/mol. The zero-order chi connectivity index (χ0) is 10.3. The number of H-pyrrole nitrogens is 1. The first-order valence-corrected chi connectivity index (χ1v) is 5.29. The zero-order valence-corrected chi connectivity index (χ0v) is 8.36. The van der Waals surface area contributed by atoms with Crippen LogP contribution in [0.3, 0.4) is 0 Å². The van der Waals surface area contributed by atoms with Gasteiger partial charge >= 0.3 is 0 Å². The van der Waals surface area contributed by atoms with Crippen molar-refractivity contribution in [2.24, 2.45) is 0 Å². The third kappa shape index (κ3) is 1.54. The molecule has 0 aliphatic heterocycles. The van der Waals surface area contributed by atoms with Gasteiger partial charge in [0, 0.05) is 12.3 Å². The molecule has 0 amide bonds. The molecule has 3 nitrogen and oxygen atoms in total. The van der Waals surface area contributed by atoms with E-state index in [0.717, 1.165) is 28.7 Å². The van der Waals surface area contributed by atoms with Gasteiger partial charge in [0.05, 0.1) is 11.0 Å². The Bertz CT molecular complexity index is 511. The van der Waals surface area contributed by atoms with Gasteiger partial charge < -0.3 is 9.78 Å². The molecule has 3 heteroatoms. The molecule has 0 saturated heterocycles. The van der Waals surface area contributed by atoms with E-state index in [-0.39, 0.29) is 0 Å². The van der Waals surface area contributed by atoms with Gasteiger partial charge in [-0.25, -0.2) is 4.98 Å². The van der Waals surface area contributed by atoms with Crippen LogP contribution in [0.4, 0.5) is 0 Å². The van der Waals surface area contributed by atoms with Crippen LogP contribution in [0.1, 0.15) is 30.1 Å². The van der Waals surface area contributed by atoms with E-state index in [9.17, 15) is 4.79 Å². The Kier molecular flexibility index (Phi) is 1.84. The Hall–Kier alpha value is -1.64. The van der Waals surface area contributed by atoms with Crippen molar-refractivity contribution in [3.05, 3.63) is 29.6 Å². The summed E-state index contributed by atoms with van der Waals surface area (Å²) >= 11 is 0. The number of hydrogen-bond acceptors (Lipinski definition) is 2. The average Bonchev–Trinajstić information content (AvgIpc) is 2.99. The monoisotopic (exact) mass is 200 g/mol. The highest BCUT2D eigenvalue weighted by Gasteiger charge is 2.26. The number of aromatic amines is 1. The van der Waals surface area contributed by atoms with Gasteiger partial charge in [0.15, 0.2) is 0 Å². The summed E-state index contributed by atoms with van der Waals surface area (Å²) in [5.74, 6) is 1.75. The van der Waals surface area contributed by atoms with Crippen LogP contribution in [-0.2, 0) is 11.2 Å². The molecule has 0 unspecified atom stereocenters. The molecule has 1 aliphatic rings. The lowest BCUT2D eigenvalue weighted by atomic mass is 10.1. The van der Waals surface area contributed by atoms with Crippen molar-refractivity contribution in [2.75, 3.05) is 0 Å². The first-order chi connectivity index (χ1) is 7.36. The third-order valence-corrected chi connectivity index (χ3v) is 2.85. The average molecular weight is 200 g/mol. The van der Waals surface area contributed by atoms with Crippen molar-refractivity contribution in [1.29, 1.82) is 0 Å². The van der Waals surface area contributed by atoms with Crippen molar-refractivity contribution in [3.8, 4) is 0 Å². The molecule has 3 rings (SSSR count). The van der Waals surface area contributed by atoms with Gasteiger partial charge in [0.25, 0.3) is 0 Å².